The van der Waals surface area contributed by atoms with E-state index in [4.69, 9.17) is 4.74 Å². The number of benzene rings is 2. The third-order valence-electron chi connectivity index (χ3n) is 4.28. The molecular weight excluding hydrogens is 340 g/mol. The molecule has 1 N–H and O–H groups in total. The maximum atomic E-state index is 12.9. The summed E-state index contributed by atoms with van der Waals surface area (Å²) >= 11 is 0. The van der Waals surface area contributed by atoms with E-state index >= 15 is 0 Å². The van der Waals surface area contributed by atoms with Crippen LogP contribution in [0.25, 0.3) is 0 Å². The van der Waals surface area contributed by atoms with E-state index in [1.165, 1.54) is 0 Å². The molecule has 2 aromatic carbocycles. The SMILES string of the molecule is CCNC(=O)[C@@H](CC)N(Cc1cccc(C)c1)C(=O)COc1ccccc1. The van der Waals surface area contributed by atoms with Gasteiger partial charge in [0.15, 0.2) is 6.61 Å². The molecule has 1 atom stereocenters. The van der Waals surface area contributed by atoms with Gasteiger partial charge in [-0.3, -0.25) is 9.59 Å². The minimum Gasteiger partial charge on any atom is -0.484 e. The first kappa shape index (κ1) is 20.5. The molecule has 0 saturated carbocycles. The number of nitrogens with zero attached hydrogens (tertiary/aromatic N) is 1. The first-order chi connectivity index (χ1) is 13.0. The summed E-state index contributed by atoms with van der Waals surface area (Å²) in [6.45, 7) is 6.59. The van der Waals surface area contributed by atoms with Crippen molar-refractivity contribution in [2.75, 3.05) is 13.2 Å². The second-order valence-corrected chi connectivity index (χ2v) is 6.43. The largest absolute Gasteiger partial charge is 0.484 e. The van der Waals surface area contributed by atoms with Gasteiger partial charge in [0.1, 0.15) is 11.8 Å². The van der Waals surface area contributed by atoms with Crippen LogP contribution in [0.15, 0.2) is 54.6 Å². The van der Waals surface area contributed by atoms with Crippen LogP contribution in [0.1, 0.15) is 31.4 Å². The highest BCUT2D eigenvalue weighted by atomic mass is 16.5. The van der Waals surface area contributed by atoms with E-state index in [0.717, 1.165) is 11.1 Å². The van der Waals surface area contributed by atoms with E-state index < -0.39 is 6.04 Å². The van der Waals surface area contributed by atoms with E-state index in [9.17, 15) is 9.59 Å². The lowest BCUT2D eigenvalue weighted by Gasteiger charge is -2.30. The minimum absolute atomic E-state index is 0.105. The van der Waals surface area contributed by atoms with Crippen LogP contribution in [-0.4, -0.2) is 35.9 Å². The summed E-state index contributed by atoms with van der Waals surface area (Å²) in [5.41, 5.74) is 2.11. The summed E-state index contributed by atoms with van der Waals surface area (Å²) in [6.07, 6.45) is 0.536. The van der Waals surface area contributed by atoms with E-state index in [0.29, 0.717) is 25.3 Å². The predicted octanol–water partition coefficient (Wildman–Crippen LogP) is 3.32. The summed E-state index contributed by atoms with van der Waals surface area (Å²) in [7, 11) is 0. The molecule has 5 heteroatoms. The van der Waals surface area contributed by atoms with Crippen molar-refractivity contribution in [2.45, 2.75) is 39.8 Å². The summed E-state index contributed by atoms with van der Waals surface area (Å²) < 4.78 is 5.62. The van der Waals surface area contributed by atoms with Crippen molar-refractivity contribution in [2.24, 2.45) is 0 Å². The zero-order valence-electron chi connectivity index (χ0n) is 16.3. The molecule has 0 bridgehead atoms. The molecule has 2 rings (SSSR count). The Bertz CT molecular complexity index is 746. The van der Waals surface area contributed by atoms with E-state index in [2.05, 4.69) is 5.32 Å². The van der Waals surface area contributed by atoms with Crippen LogP contribution < -0.4 is 10.1 Å². The topological polar surface area (TPSA) is 58.6 Å². The Hall–Kier alpha value is -2.82. The average Bonchev–Trinajstić information content (AvgIpc) is 2.67. The van der Waals surface area contributed by atoms with E-state index in [1.54, 1.807) is 17.0 Å². The van der Waals surface area contributed by atoms with Crippen LogP contribution in [0.5, 0.6) is 5.75 Å². The minimum atomic E-state index is -0.530. The van der Waals surface area contributed by atoms with Gasteiger partial charge in [0.05, 0.1) is 0 Å². The lowest BCUT2D eigenvalue weighted by molar-refractivity contribution is -0.142. The molecule has 0 aromatic heterocycles. The fourth-order valence-electron chi connectivity index (χ4n) is 2.96. The van der Waals surface area contributed by atoms with Gasteiger partial charge in [-0.2, -0.15) is 0 Å². The molecule has 2 aromatic rings. The number of carbonyl (C=O) groups is 2. The van der Waals surface area contributed by atoms with Crippen LogP contribution in [-0.2, 0) is 16.1 Å². The second kappa shape index (κ2) is 10.4. The highest BCUT2D eigenvalue weighted by molar-refractivity contribution is 5.88. The van der Waals surface area contributed by atoms with E-state index in [1.807, 2.05) is 63.2 Å². The Morgan fingerprint density at radius 1 is 1.07 bits per heavy atom. The van der Waals surface area contributed by atoms with Crippen LogP contribution in [0.4, 0.5) is 0 Å². The van der Waals surface area contributed by atoms with Gasteiger partial charge in [0.25, 0.3) is 5.91 Å². The maximum absolute atomic E-state index is 12.9. The number of amides is 2. The molecular formula is C22H28N2O3. The van der Waals surface area contributed by atoms with Crippen molar-refractivity contribution in [1.29, 1.82) is 0 Å². The van der Waals surface area contributed by atoms with Crippen molar-refractivity contribution >= 4 is 11.8 Å². The van der Waals surface area contributed by atoms with Gasteiger partial charge in [0.2, 0.25) is 5.91 Å². The Balaban J connectivity index is 2.18. The number of aryl methyl sites for hydroxylation is 1. The summed E-state index contributed by atoms with van der Waals surface area (Å²) in [5, 5.41) is 2.83. The fraction of sp³-hybridized carbons (Fsp3) is 0.364. The molecule has 0 spiro atoms. The van der Waals surface area contributed by atoms with Gasteiger partial charge in [-0.15, -0.1) is 0 Å². The Morgan fingerprint density at radius 3 is 2.44 bits per heavy atom. The van der Waals surface area contributed by atoms with Crippen LogP contribution in [0, 0.1) is 6.92 Å². The lowest BCUT2D eigenvalue weighted by atomic mass is 10.1. The number of hydrogen-bond acceptors (Lipinski definition) is 3. The summed E-state index contributed by atoms with van der Waals surface area (Å²) in [6, 6.07) is 16.6. The normalized spacial score (nSPS) is 11.5. The summed E-state index contributed by atoms with van der Waals surface area (Å²) in [4.78, 5) is 27.1. The monoisotopic (exact) mass is 368 g/mol. The molecule has 5 nitrogen and oxygen atoms in total. The highest BCUT2D eigenvalue weighted by Crippen LogP contribution is 2.15. The standard InChI is InChI=1S/C22H28N2O3/c1-4-20(22(26)23-5-2)24(15-18-11-9-10-17(3)14-18)21(25)16-27-19-12-7-6-8-13-19/h6-14,20H,4-5,15-16H2,1-3H3,(H,23,26)/t20-/m1/s1. The molecule has 0 aliphatic rings. The first-order valence-corrected chi connectivity index (χ1v) is 9.35. The van der Waals surface area contributed by atoms with Crippen molar-refractivity contribution in [3.05, 3.63) is 65.7 Å². The Morgan fingerprint density at radius 2 is 1.81 bits per heavy atom. The number of hydrogen-bond donors (Lipinski definition) is 1. The van der Waals surface area contributed by atoms with Gasteiger partial charge in [-0.1, -0.05) is 55.0 Å². The smallest absolute Gasteiger partial charge is 0.261 e. The molecule has 2 amide bonds. The van der Waals surface area contributed by atoms with Gasteiger partial charge in [-0.25, -0.2) is 0 Å². The fourth-order valence-corrected chi connectivity index (χ4v) is 2.96. The molecule has 0 heterocycles. The summed E-state index contributed by atoms with van der Waals surface area (Å²) in [5.74, 6) is 0.284. The second-order valence-electron chi connectivity index (χ2n) is 6.43. The van der Waals surface area contributed by atoms with Crippen LogP contribution in [0.3, 0.4) is 0 Å². The molecule has 0 fully saturated rings. The number of carbonyl (C=O) groups excluding carboxylic acids is 2. The van der Waals surface area contributed by atoms with Crippen molar-refractivity contribution in [3.63, 3.8) is 0 Å². The third-order valence-corrected chi connectivity index (χ3v) is 4.28. The molecule has 0 saturated heterocycles. The zero-order valence-corrected chi connectivity index (χ0v) is 16.3. The van der Waals surface area contributed by atoms with Crippen LogP contribution >= 0.6 is 0 Å². The Kier molecular flexibility index (Phi) is 7.86. The zero-order chi connectivity index (χ0) is 19.6. The molecule has 0 unspecified atom stereocenters. The van der Waals surface area contributed by atoms with Gasteiger partial charge < -0.3 is 15.0 Å². The molecule has 0 aliphatic carbocycles. The van der Waals surface area contributed by atoms with Crippen LogP contribution in [0.2, 0.25) is 0 Å². The van der Waals surface area contributed by atoms with Crippen molar-refractivity contribution < 1.29 is 14.3 Å². The Labute approximate surface area is 161 Å². The number of rotatable bonds is 9. The maximum Gasteiger partial charge on any atom is 0.261 e. The number of nitrogens with one attached hydrogen (secondary N) is 1. The first-order valence-electron chi connectivity index (χ1n) is 9.35. The molecule has 27 heavy (non-hydrogen) atoms. The molecule has 0 radical (unpaired) electrons. The van der Waals surface area contributed by atoms with Gasteiger partial charge >= 0.3 is 0 Å². The van der Waals surface area contributed by atoms with Gasteiger partial charge in [-0.05, 0) is 38.0 Å². The quantitative estimate of drug-likeness (QED) is 0.739. The predicted molar refractivity (Wildman–Crippen MR) is 106 cm³/mol. The highest BCUT2D eigenvalue weighted by Gasteiger charge is 2.28. The number of ether oxygens (including phenoxy) is 1. The molecule has 144 valence electrons. The van der Waals surface area contributed by atoms with Crippen molar-refractivity contribution in [1.82, 2.24) is 10.2 Å². The van der Waals surface area contributed by atoms with E-state index in [-0.39, 0.29) is 18.4 Å². The third kappa shape index (κ3) is 6.13. The van der Waals surface area contributed by atoms with Crippen molar-refractivity contribution in [3.8, 4) is 5.75 Å². The van der Waals surface area contributed by atoms with Gasteiger partial charge in [0, 0.05) is 13.1 Å². The number of para-hydroxylation sites is 1. The lowest BCUT2D eigenvalue weighted by Crippen LogP contribution is -2.50. The average molecular weight is 368 g/mol. The number of likely N-dealkylation sites (N-methyl/N-ethyl adjacent to an activating group) is 1. The molecule has 0 aliphatic heterocycles.